The molecule has 0 saturated heterocycles. The SMILES string of the molecule is O=C(Nc1nc2ccc3ncsc3c2s1)c1cc(Cl)cc(Cl)c1. The fraction of sp³-hybridized carbons (Fsp3) is 0. The molecule has 8 heteroatoms. The average molecular weight is 380 g/mol. The molecule has 1 amide bonds. The number of amides is 1. The number of thiazole rings is 2. The number of nitrogens with zero attached hydrogens (tertiary/aromatic N) is 2. The molecule has 0 bridgehead atoms. The van der Waals surface area contributed by atoms with Gasteiger partial charge in [0.15, 0.2) is 5.13 Å². The lowest BCUT2D eigenvalue weighted by atomic mass is 10.2. The number of rotatable bonds is 2. The fourth-order valence-electron chi connectivity index (χ4n) is 2.22. The van der Waals surface area contributed by atoms with Crippen LogP contribution in [-0.2, 0) is 0 Å². The van der Waals surface area contributed by atoms with E-state index in [1.165, 1.54) is 11.3 Å². The van der Waals surface area contributed by atoms with Crippen molar-refractivity contribution in [2.45, 2.75) is 0 Å². The number of carbonyl (C=O) groups excluding carboxylic acids is 1. The highest BCUT2D eigenvalue weighted by Gasteiger charge is 2.13. The highest BCUT2D eigenvalue weighted by molar-refractivity contribution is 7.28. The third kappa shape index (κ3) is 2.79. The Morgan fingerprint density at radius 1 is 1.04 bits per heavy atom. The van der Waals surface area contributed by atoms with E-state index in [1.807, 2.05) is 12.1 Å². The van der Waals surface area contributed by atoms with Crippen LogP contribution in [-0.4, -0.2) is 15.9 Å². The van der Waals surface area contributed by atoms with Crippen molar-refractivity contribution in [3.8, 4) is 0 Å². The van der Waals surface area contributed by atoms with Crippen LogP contribution in [0.1, 0.15) is 10.4 Å². The van der Waals surface area contributed by atoms with Crippen molar-refractivity contribution in [1.29, 1.82) is 0 Å². The van der Waals surface area contributed by atoms with Crippen molar-refractivity contribution < 1.29 is 4.79 Å². The summed E-state index contributed by atoms with van der Waals surface area (Å²) in [5, 5.41) is 4.15. The molecule has 0 fully saturated rings. The number of fused-ring (bicyclic) bond motifs is 3. The van der Waals surface area contributed by atoms with E-state index in [2.05, 4.69) is 15.3 Å². The van der Waals surface area contributed by atoms with Crippen molar-refractivity contribution in [3.63, 3.8) is 0 Å². The first-order valence-corrected chi connectivity index (χ1v) is 8.95. The Labute approximate surface area is 148 Å². The van der Waals surface area contributed by atoms with E-state index in [0.717, 1.165) is 20.4 Å². The van der Waals surface area contributed by atoms with E-state index < -0.39 is 0 Å². The van der Waals surface area contributed by atoms with Crippen LogP contribution < -0.4 is 5.32 Å². The normalized spacial score (nSPS) is 11.2. The summed E-state index contributed by atoms with van der Waals surface area (Å²) in [5.74, 6) is -0.297. The van der Waals surface area contributed by atoms with Gasteiger partial charge in [-0.2, -0.15) is 0 Å². The highest BCUT2D eigenvalue weighted by Crippen LogP contribution is 2.34. The van der Waals surface area contributed by atoms with Crippen LogP contribution in [0, 0.1) is 0 Å². The van der Waals surface area contributed by atoms with Crippen LogP contribution >= 0.6 is 45.9 Å². The Balaban J connectivity index is 1.70. The first-order valence-electron chi connectivity index (χ1n) is 6.50. The molecule has 0 saturated carbocycles. The summed E-state index contributed by atoms with van der Waals surface area (Å²) < 4.78 is 2.09. The summed E-state index contributed by atoms with van der Waals surface area (Å²) in [6, 6.07) is 8.54. The van der Waals surface area contributed by atoms with Crippen LogP contribution in [0.5, 0.6) is 0 Å². The molecule has 114 valence electrons. The lowest BCUT2D eigenvalue weighted by Gasteiger charge is -2.02. The minimum absolute atomic E-state index is 0.297. The van der Waals surface area contributed by atoms with Crippen LogP contribution in [0.3, 0.4) is 0 Å². The number of benzene rings is 2. The molecule has 2 aromatic carbocycles. The van der Waals surface area contributed by atoms with Gasteiger partial charge in [0.1, 0.15) is 0 Å². The van der Waals surface area contributed by atoms with Gasteiger partial charge in [-0.15, -0.1) is 11.3 Å². The number of nitrogens with one attached hydrogen (secondary N) is 1. The molecular formula is C15H7Cl2N3OS2. The molecule has 1 N–H and O–H groups in total. The first kappa shape index (κ1) is 14.8. The molecule has 0 atom stereocenters. The number of halogens is 2. The molecular weight excluding hydrogens is 373 g/mol. The molecule has 0 aliphatic heterocycles. The molecule has 0 aliphatic carbocycles. The largest absolute Gasteiger partial charge is 0.298 e. The summed E-state index contributed by atoms with van der Waals surface area (Å²) in [6.45, 7) is 0. The molecule has 4 aromatic rings. The van der Waals surface area contributed by atoms with Gasteiger partial charge in [-0.05, 0) is 30.3 Å². The zero-order valence-corrected chi connectivity index (χ0v) is 14.5. The summed E-state index contributed by atoms with van der Waals surface area (Å²) in [4.78, 5) is 21.1. The van der Waals surface area contributed by atoms with Crippen molar-refractivity contribution in [3.05, 3.63) is 51.5 Å². The smallest absolute Gasteiger partial charge is 0.257 e. The summed E-state index contributed by atoms with van der Waals surface area (Å²) in [6.07, 6.45) is 0. The van der Waals surface area contributed by atoms with Crippen LogP contribution in [0.15, 0.2) is 35.8 Å². The molecule has 23 heavy (non-hydrogen) atoms. The van der Waals surface area contributed by atoms with E-state index in [0.29, 0.717) is 20.7 Å². The monoisotopic (exact) mass is 379 g/mol. The number of hydrogen-bond donors (Lipinski definition) is 1. The highest BCUT2D eigenvalue weighted by atomic mass is 35.5. The Bertz CT molecular complexity index is 1040. The number of carbonyl (C=O) groups is 1. The van der Waals surface area contributed by atoms with Crippen molar-refractivity contribution in [1.82, 2.24) is 9.97 Å². The van der Waals surface area contributed by atoms with Crippen LogP contribution in [0.25, 0.3) is 20.4 Å². The van der Waals surface area contributed by atoms with Crippen LogP contribution in [0.2, 0.25) is 10.0 Å². The maximum Gasteiger partial charge on any atom is 0.257 e. The topological polar surface area (TPSA) is 54.9 Å². The predicted molar refractivity (Wildman–Crippen MR) is 97.2 cm³/mol. The van der Waals surface area contributed by atoms with E-state index in [9.17, 15) is 4.79 Å². The number of anilines is 1. The van der Waals surface area contributed by atoms with E-state index in [1.54, 1.807) is 35.0 Å². The van der Waals surface area contributed by atoms with Gasteiger partial charge in [-0.1, -0.05) is 34.5 Å². The van der Waals surface area contributed by atoms with Gasteiger partial charge in [0.2, 0.25) is 0 Å². The van der Waals surface area contributed by atoms with Gasteiger partial charge in [-0.25, -0.2) is 9.97 Å². The molecule has 0 aliphatic rings. The quantitative estimate of drug-likeness (QED) is 0.502. The Morgan fingerprint density at radius 3 is 2.57 bits per heavy atom. The first-order chi connectivity index (χ1) is 11.1. The van der Waals surface area contributed by atoms with Gasteiger partial charge in [-0.3, -0.25) is 10.1 Å². The minimum atomic E-state index is -0.297. The summed E-state index contributed by atoms with van der Waals surface area (Å²) >= 11 is 14.8. The Hall–Kier alpha value is -1.73. The third-order valence-corrected chi connectivity index (χ3v) is 5.63. The molecule has 2 heterocycles. The summed E-state index contributed by atoms with van der Waals surface area (Å²) in [7, 11) is 0. The lowest BCUT2D eigenvalue weighted by molar-refractivity contribution is 0.102. The molecule has 0 unspecified atom stereocenters. The molecule has 2 aromatic heterocycles. The standard InChI is InChI=1S/C15H7Cl2N3OS2/c16-8-3-7(4-9(17)5-8)14(21)20-15-19-11-2-1-10-12(13(11)23-15)22-6-18-10/h1-6H,(H,19,20,21). The average Bonchev–Trinajstić information content (AvgIpc) is 3.10. The Kier molecular flexibility index (Phi) is 3.69. The van der Waals surface area contributed by atoms with Crippen molar-refractivity contribution >= 4 is 77.3 Å². The van der Waals surface area contributed by atoms with Crippen LogP contribution in [0.4, 0.5) is 5.13 Å². The van der Waals surface area contributed by atoms with Gasteiger partial charge >= 0.3 is 0 Å². The van der Waals surface area contributed by atoms with Gasteiger partial charge in [0.05, 0.1) is 25.9 Å². The molecule has 0 radical (unpaired) electrons. The van der Waals surface area contributed by atoms with Crippen molar-refractivity contribution in [2.24, 2.45) is 0 Å². The number of hydrogen-bond acceptors (Lipinski definition) is 5. The van der Waals surface area contributed by atoms with Gasteiger partial charge in [0, 0.05) is 15.6 Å². The Morgan fingerprint density at radius 2 is 1.78 bits per heavy atom. The van der Waals surface area contributed by atoms with Crippen molar-refractivity contribution in [2.75, 3.05) is 5.32 Å². The van der Waals surface area contributed by atoms with Gasteiger partial charge < -0.3 is 0 Å². The van der Waals surface area contributed by atoms with E-state index >= 15 is 0 Å². The number of aromatic nitrogens is 2. The summed E-state index contributed by atoms with van der Waals surface area (Å²) in [5.41, 5.74) is 3.97. The lowest BCUT2D eigenvalue weighted by Crippen LogP contribution is -2.11. The second kappa shape index (κ2) is 5.72. The molecule has 4 nitrogen and oxygen atoms in total. The van der Waals surface area contributed by atoms with E-state index in [4.69, 9.17) is 23.2 Å². The zero-order valence-electron chi connectivity index (χ0n) is 11.3. The maximum absolute atomic E-state index is 12.3. The molecule has 4 rings (SSSR count). The van der Waals surface area contributed by atoms with E-state index in [-0.39, 0.29) is 5.91 Å². The predicted octanol–water partition coefficient (Wildman–Crippen LogP) is 5.47. The third-order valence-electron chi connectivity index (χ3n) is 3.20. The maximum atomic E-state index is 12.3. The molecule has 0 spiro atoms. The zero-order chi connectivity index (χ0) is 16.0. The van der Waals surface area contributed by atoms with Gasteiger partial charge in [0.25, 0.3) is 5.91 Å². The fourth-order valence-corrected chi connectivity index (χ4v) is 4.63. The second-order valence-electron chi connectivity index (χ2n) is 4.75. The second-order valence-corrected chi connectivity index (χ2v) is 7.47. The minimum Gasteiger partial charge on any atom is -0.298 e.